The fraction of sp³-hybridized carbons (Fsp3) is 0.429. The maximum absolute atomic E-state index is 9.72. The summed E-state index contributed by atoms with van der Waals surface area (Å²) in [6.45, 7) is 3.01. The Bertz CT molecular complexity index is 419. The minimum absolute atomic E-state index is 0.000139. The lowest BCUT2D eigenvalue weighted by molar-refractivity contribution is 0.206. The number of aliphatic hydroxyl groups is 1. The number of nitrogens with one attached hydrogen (secondary N) is 1. The molecule has 84 valence electrons. The summed E-state index contributed by atoms with van der Waals surface area (Å²) in [4.78, 5) is 0. The van der Waals surface area contributed by atoms with Crippen LogP contribution < -0.4 is 5.32 Å². The standard InChI is InChI=1S/C14H17NO/c1-3-14(16)10(2)11-6-4-8-13-12(11)7-5-9-15-13/h1,4,6,8,10,14-16H,5,7,9H2,2H3. The van der Waals surface area contributed by atoms with Gasteiger partial charge in [0.2, 0.25) is 0 Å². The number of anilines is 1. The van der Waals surface area contributed by atoms with Crippen molar-refractivity contribution in [3.8, 4) is 12.3 Å². The molecule has 1 aromatic rings. The summed E-state index contributed by atoms with van der Waals surface area (Å²) in [5.41, 5.74) is 3.69. The first-order chi connectivity index (χ1) is 7.74. The van der Waals surface area contributed by atoms with Gasteiger partial charge in [-0.05, 0) is 30.0 Å². The van der Waals surface area contributed by atoms with E-state index in [1.54, 1.807) is 0 Å². The molecule has 0 saturated heterocycles. The highest BCUT2D eigenvalue weighted by atomic mass is 16.3. The molecule has 2 rings (SSSR count). The van der Waals surface area contributed by atoms with Gasteiger partial charge in [0.25, 0.3) is 0 Å². The van der Waals surface area contributed by atoms with Crippen LogP contribution in [0.1, 0.15) is 30.4 Å². The van der Waals surface area contributed by atoms with Gasteiger partial charge in [-0.1, -0.05) is 25.0 Å². The maximum atomic E-state index is 9.72. The van der Waals surface area contributed by atoms with Crippen molar-refractivity contribution >= 4 is 5.69 Å². The first kappa shape index (κ1) is 11.0. The molecule has 16 heavy (non-hydrogen) atoms. The van der Waals surface area contributed by atoms with E-state index in [-0.39, 0.29) is 5.92 Å². The van der Waals surface area contributed by atoms with E-state index in [1.165, 1.54) is 16.8 Å². The van der Waals surface area contributed by atoms with Crippen molar-refractivity contribution in [3.63, 3.8) is 0 Å². The van der Waals surface area contributed by atoms with Crippen molar-refractivity contribution in [2.75, 3.05) is 11.9 Å². The van der Waals surface area contributed by atoms with Crippen LogP contribution in [0.2, 0.25) is 0 Å². The molecule has 0 spiro atoms. The molecule has 1 aromatic carbocycles. The van der Waals surface area contributed by atoms with Crippen LogP contribution in [0, 0.1) is 12.3 Å². The van der Waals surface area contributed by atoms with Crippen LogP contribution in [0.25, 0.3) is 0 Å². The summed E-state index contributed by atoms with van der Waals surface area (Å²) in [5, 5.41) is 13.1. The van der Waals surface area contributed by atoms with E-state index >= 15 is 0 Å². The van der Waals surface area contributed by atoms with E-state index in [0.29, 0.717) is 0 Å². The van der Waals surface area contributed by atoms with Gasteiger partial charge in [-0.3, -0.25) is 0 Å². The Morgan fingerprint density at radius 1 is 1.50 bits per heavy atom. The van der Waals surface area contributed by atoms with Gasteiger partial charge < -0.3 is 10.4 Å². The zero-order chi connectivity index (χ0) is 11.5. The Morgan fingerprint density at radius 3 is 3.06 bits per heavy atom. The molecule has 2 nitrogen and oxygen atoms in total. The molecular formula is C14H17NO. The summed E-state index contributed by atoms with van der Waals surface area (Å²) in [6, 6.07) is 6.18. The zero-order valence-electron chi connectivity index (χ0n) is 9.53. The van der Waals surface area contributed by atoms with Gasteiger partial charge in [0.15, 0.2) is 0 Å². The second kappa shape index (κ2) is 4.59. The number of aliphatic hydroxyl groups excluding tert-OH is 1. The highest BCUT2D eigenvalue weighted by Crippen LogP contribution is 2.31. The van der Waals surface area contributed by atoms with E-state index in [1.807, 2.05) is 13.0 Å². The number of rotatable bonds is 2. The average Bonchev–Trinajstić information content (AvgIpc) is 2.36. The van der Waals surface area contributed by atoms with Gasteiger partial charge in [0, 0.05) is 18.2 Å². The lowest BCUT2D eigenvalue weighted by atomic mass is 9.87. The number of hydrogen-bond acceptors (Lipinski definition) is 2. The Balaban J connectivity index is 2.38. The summed E-state index contributed by atoms with van der Waals surface area (Å²) >= 11 is 0. The zero-order valence-corrected chi connectivity index (χ0v) is 9.53. The van der Waals surface area contributed by atoms with E-state index < -0.39 is 6.10 Å². The molecule has 0 aromatic heterocycles. The first-order valence-electron chi connectivity index (χ1n) is 5.74. The minimum Gasteiger partial charge on any atom is -0.385 e. The molecule has 0 amide bonds. The van der Waals surface area contributed by atoms with Gasteiger partial charge in [-0.25, -0.2) is 0 Å². The van der Waals surface area contributed by atoms with Crippen molar-refractivity contribution in [2.45, 2.75) is 31.8 Å². The summed E-state index contributed by atoms with van der Waals surface area (Å²) in [7, 11) is 0. The predicted molar refractivity (Wildman–Crippen MR) is 66.5 cm³/mol. The number of hydrogen-bond donors (Lipinski definition) is 2. The van der Waals surface area contributed by atoms with Crippen LogP contribution >= 0.6 is 0 Å². The predicted octanol–water partition coefficient (Wildman–Crippen LogP) is 2.14. The molecule has 1 heterocycles. The SMILES string of the molecule is C#CC(O)C(C)c1cccc2c1CCCN2. The van der Waals surface area contributed by atoms with Gasteiger partial charge in [0.05, 0.1) is 0 Å². The lowest BCUT2D eigenvalue weighted by Gasteiger charge is -2.24. The maximum Gasteiger partial charge on any atom is 0.121 e. The molecule has 0 saturated carbocycles. The van der Waals surface area contributed by atoms with Gasteiger partial charge in [0.1, 0.15) is 6.10 Å². The van der Waals surface area contributed by atoms with Crippen LogP contribution in [-0.2, 0) is 6.42 Å². The van der Waals surface area contributed by atoms with E-state index in [4.69, 9.17) is 6.42 Å². The van der Waals surface area contributed by atoms with Crippen molar-refractivity contribution in [1.82, 2.24) is 0 Å². The molecule has 2 N–H and O–H groups in total. The van der Waals surface area contributed by atoms with Gasteiger partial charge >= 0.3 is 0 Å². The minimum atomic E-state index is -0.701. The Kier molecular flexibility index (Phi) is 3.17. The molecule has 2 unspecified atom stereocenters. The van der Waals surface area contributed by atoms with Crippen LogP contribution in [0.15, 0.2) is 18.2 Å². The smallest absolute Gasteiger partial charge is 0.121 e. The lowest BCUT2D eigenvalue weighted by Crippen LogP contribution is -2.19. The molecule has 0 fully saturated rings. The van der Waals surface area contributed by atoms with E-state index in [2.05, 4.69) is 23.4 Å². The average molecular weight is 215 g/mol. The normalized spacial score (nSPS) is 17.8. The number of fused-ring (bicyclic) bond motifs is 1. The van der Waals surface area contributed by atoms with Crippen molar-refractivity contribution < 1.29 is 5.11 Å². The summed E-state index contributed by atoms with van der Waals surface area (Å²) < 4.78 is 0. The highest BCUT2D eigenvalue weighted by Gasteiger charge is 2.20. The molecule has 1 aliphatic rings. The molecule has 0 aliphatic carbocycles. The molecule has 2 heteroatoms. The highest BCUT2D eigenvalue weighted by molar-refractivity contribution is 5.57. The molecule has 1 aliphatic heterocycles. The van der Waals surface area contributed by atoms with E-state index in [9.17, 15) is 5.11 Å². The van der Waals surface area contributed by atoms with Crippen LogP contribution in [0.3, 0.4) is 0 Å². The Morgan fingerprint density at radius 2 is 2.31 bits per heavy atom. The van der Waals surface area contributed by atoms with Crippen molar-refractivity contribution in [2.24, 2.45) is 0 Å². The summed E-state index contributed by atoms with van der Waals surface area (Å²) in [6.07, 6.45) is 6.78. The second-order valence-corrected chi connectivity index (χ2v) is 4.30. The second-order valence-electron chi connectivity index (χ2n) is 4.30. The fourth-order valence-corrected chi connectivity index (χ4v) is 2.28. The molecule has 0 bridgehead atoms. The number of benzene rings is 1. The number of terminal acetylenes is 1. The third kappa shape index (κ3) is 1.91. The summed E-state index contributed by atoms with van der Waals surface area (Å²) in [5.74, 6) is 2.40. The Labute approximate surface area is 96.7 Å². The molecule has 0 radical (unpaired) electrons. The monoisotopic (exact) mass is 215 g/mol. The fourth-order valence-electron chi connectivity index (χ4n) is 2.28. The third-order valence-electron chi connectivity index (χ3n) is 3.27. The van der Waals surface area contributed by atoms with Gasteiger partial charge in [-0.2, -0.15) is 0 Å². The van der Waals surface area contributed by atoms with Crippen LogP contribution in [0.5, 0.6) is 0 Å². The quantitative estimate of drug-likeness (QED) is 0.741. The Hall–Kier alpha value is -1.46. The topological polar surface area (TPSA) is 32.3 Å². The van der Waals surface area contributed by atoms with E-state index in [0.717, 1.165) is 19.4 Å². The molecular weight excluding hydrogens is 198 g/mol. The van der Waals surface area contributed by atoms with Crippen molar-refractivity contribution in [3.05, 3.63) is 29.3 Å². The largest absolute Gasteiger partial charge is 0.385 e. The van der Waals surface area contributed by atoms with Crippen LogP contribution in [-0.4, -0.2) is 17.8 Å². The third-order valence-corrected chi connectivity index (χ3v) is 3.27. The first-order valence-corrected chi connectivity index (χ1v) is 5.74. The van der Waals surface area contributed by atoms with Gasteiger partial charge in [-0.15, -0.1) is 6.42 Å². The molecule has 2 atom stereocenters. The van der Waals surface area contributed by atoms with Crippen molar-refractivity contribution in [1.29, 1.82) is 0 Å². The van der Waals surface area contributed by atoms with Crippen LogP contribution in [0.4, 0.5) is 5.69 Å².